The highest BCUT2D eigenvalue weighted by molar-refractivity contribution is 7.86. The van der Waals surface area contributed by atoms with Gasteiger partial charge in [-0.25, -0.2) is 4.39 Å². The summed E-state index contributed by atoms with van der Waals surface area (Å²) in [6.07, 6.45) is 0.247. The molecule has 1 unspecified atom stereocenters. The Bertz CT molecular complexity index is 572. The van der Waals surface area contributed by atoms with Gasteiger partial charge in [0.15, 0.2) is 0 Å². The summed E-state index contributed by atoms with van der Waals surface area (Å²) in [5.74, 6) is -1.28. The molecule has 0 aromatic heterocycles. The highest BCUT2D eigenvalue weighted by Crippen LogP contribution is 2.29. The van der Waals surface area contributed by atoms with Gasteiger partial charge in [0.25, 0.3) is 15.8 Å². The van der Waals surface area contributed by atoms with Gasteiger partial charge in [-0.1, -0.05) is 0 Å². The molecule has 0 radical (unpaired) electrons. The van der Waals surface area contributed by atoms with Gasteiger partial charge in [-0.3, -0.25) is 14.3 Å². The predicted octanol–water partition coefficient (Wildman–Crippen LogP) is 1.57. The maximum atomic E-state index is 13.7. The molecule has 0 saturated carbocycles. The standard InChI is InChI=1S/C10H10FNO5S/c11-10-5-8(12(13)14)1-2-9(10)7-3-4-18(15,16)17-6-7/h1-2,5,7H,3-4,6H2. The Hall–Kier alpha value is -1.54. The second kappa shape index (κ2) is 4.62. The van der Waals surface area contributed by atoms with Gasteiger partial charge in [-0.2, -0.15) is 8.42 Å². The van der Waals surface area contributed by atoms with Crippen LogP contribution >= 0.6 is 0 Å². The van der Waals surface area contributed by atoms with Crippen molar-refractivity contribution < 1.29 is 21.9 Å². The fourth-order valence-corrected chi connectivity index (χ4v) is 2.88. The van der Waals surface area contributed by atoms with Crippen molar-refractivity contribution in [3.05, 3.63) is 39.7 Å². The van der Waals surface area contributed by atoms with E-state index in [1.54, 1.807) is 0 Å². The summed E-state index contributed by atoms with van der Waals surface area (Å²) in [6, 6.07) is 3.33. The minimum Gasteiger partial charge on any atom is -0.269 e. The maximum absolute atomic E-state index is 13.7. The van der Waals surface area contributed by atoms with Gasteiger partial charge in [0.2, 0.25) is 0 Å². The molecule has 0 bridgehead atoms. The van der Waals surface area contributed by atoms with E-state index in [0.29, 0.717) is 0 Å². The number of non-ortho nitro benzene ring substituents is 1. The van der Waals surface area contributed by atoms with Gasteiger partial charge in [0.05, 0.1) is 23.3 Å². The molecular formula is C10H10FNO5S. The minimum absolute atomic E-state index is 0.128. The van der Waals surface area contributed by atoms with Crippen LogP contribution < -0.4 is 0 Å². The second-order valence-electron chi connectivity index (χ2n) is 3.99. The molecule has 98 valence electrons. The van der Waals surface area contributed by atoms with Crippen molar-refractivity contribution in [3.8, 4) is 0 Å². The molecule has 0 N–H and O–H groups in total. The summed E-state index contributed by atoms with van der Waals surface area (Å²) in [5, 5.41) is 10.5. The Morgan fingerprint density at radius 2 is 2.17 bits per heavy atom. The summed E-state index contributed by atoms with van der Waals surface area (Å²) in [4.78, 5) is 9.77. The number of nitro benzene ring substituents is 1. The maximum Gasteiger partial charge on any atom is 0.272 e. The fraction of sp³-hybridized carbons (Fsp3) is 0.400. The highest BCUT2D eigenvalue weighted by Gasteiger charge is 2.27. The number of rotatable bonds is 2. The first-order valence-electron chi connectivity index (χ1n) is 5.20. The number of nitro groups is 1. The topological polar surface area (TPSA) is 86.5 Å². The van der Waals surface area contributed by atoms with Gasteiger partial charge < -0.3 is 0 Å². The van der Waals surface area contributed by atoms with Crippen molar-refractivity contribution in [2.75, 3.05) is 12.4 Å². The van der Waals surface area contributed by atoms with E-state index in [4.69, 9.17) is 0 Å². The zero-order chi connectivity index (χ0) is 13.3. The second-order valence-corrected chi connectivity index (χ2v) is 5.75. The van der Waals surface area contributed by atoms with Crippen LogP contribution in [0.3, 0.4) is 0 Å². The molecule has 0 spiro atoms. The summed E-state index contributed by atoms with van der Waals surface area (Å²) >= 11 is 0. The lowest BCUT2D eigenvalue weighted by Crippen LogP contribution is -2.24. The fourth-order valence-electron chi connectivity index (χ4n) is 1.82. The van der Waals surface area contributed by atoms with E-state index >= 15 is 0 Å². The van der Waals surface area contributed by atoms with Crippen LogP contribution in [-0.2, 0) is 14.3 Å². The molecule has 1 aromatic carbocycles. The molecule has 2 rings (SSSR count). The van der Waals surface area contributed by atoms with E-state index in [2.05, 4.69) is 4.18 Å². The largest absolute Gasteiger partial charge is 0.272 e. The quantitative estimate of drug-likeness (QED) is 0.464. The molecular weight excluding hydrogens is 265 g/mol. The van der Waals surface area contributed by atoms with Crippen molar-refractivity contribution in [2.45, 2.75) is 12.3 Å². The summed E-state index contributed by atoms with van der Waals surface area (Å²) < 4.78 is 40.4. The molecule has 0 aliphatic carbocycles. The summed E-state index contributed by atoms with van der Waals surface area (Å²) in [7, 11) is -3.49. The third-order valence-corrected chi connectivity index (χ3v) is 4.03. The van der Waals surface area contributed by atoms with Crippen molar-refractivity contribution in [2.24, 2.45) is 0 Å². The minimum atomic E-state index is -3.49. The summed E-state index contributed by atoms with van der Waals surface area (Å²) in [6.45, 7) is -0.128. The van der Waals surface area contributed by atoms with E-state index in [0.717, 1.165) is 6.07 Å². The molecule has 1 atom stereocenters. The van der Waals surface area contributed by atoms with Crippen LogP contribution in [0, 0.1) is 15.9 Å². The van der Waals surface area contributed by atoms with Crippen molar-refractivity contribution in [1.82, 2.24) is 0 Å². The Labute approximate surface area is 103 Å². The molecule has 18 heavy (non-hydrogen) atoms. The number of benzene rings is 1. The number of hydrogen-bond acceptors (Lipinski definition) is 5. The van der Waals surface area contributed by atoms with Gasteiger partial charge in [-0.05, 0) is 18.1 Å². The van der Waals surface area contributed by atoms with E-state index in [-0.39, 0.29) is 30.0 Å². The van der Waals surface area contributed by atoms with Gasteiger partial charge >= 0.3 is 0 Å². The Kier molecular flexibility index (Phi) is 3.31. The monoisotopic (exact) mass is 275 g/mol. The molecule has 1 heterocycles. The van der Waals surface area contributed by atoms with E-state index in [9.17, 15) is 22.9 Å². The molecule has 8 heteroatoms. The van der Waals surface area contributed by atoms with Crippen LogP contribution in [0.25, 0.3) is 0 Å². The number of halogens is 1. The zero-order valence-electron chi connectivity index (χ0n) is 9.21. The van der Waals surface area contributed by atoms with Crippen LogP contribution in [-0.4, -0.2) is 25.7 Å². The van der Waals surface area contributed by atoms with Gasteiger partial charge in [0, 0.05) is 12.0 Å². The van der Waals surface area contributed by atoms with Crippen LogP contribution in [0.4, 0.5) is 10.1 Å². The Morgan fingerprint density at radius 3 is 2.67 bits per heavy atom. The first-order chi connectivity index (χ1) is 8.39. The Morgan fingerprint density at radius 1 is 1.44 bits per heavy atom. The lowest BCUT2D eigenvalue weighted by atomic mass is 9.96. The third-order valence-electron chi connectivity index (χ3n) is 2.80. The first kappa shape index (κ1) is 12.9. The van der Waals surface area contributed by atoms with Crippen LogP contribution in [0.15, 0.2) is 18.2 Å². The lowest BCUT2D eigenvalue weighted by molar-refractivity contribution is -0.385. The van der Waals surface area contributed by atoms with Crippen LogP contribution in [0.1, 0.15) is 17.9 Å². The number of hydrogen-bond donors (Lipinski definition) is 0. The molecule has 1 fully saturated rings. The highest BCUT2D eigenvalue weighted by atomic mass is 32.2. The molecule has 6 nitrogen and oxygen atoms in total. The number of nitrogens with zero attached hydrogens (tertiary/aromatic N) is 1. The molecule has 1 saturated heterocycles. The van der Waals surface area contributed by atoms with Gasteiger partial charge in [0.1, 0.15) is 5.82 Å². The Balaban J connectivity index is 2.22. The molecule has 1 aliphatic rings. The SMILES string of the molecule is O=[N+]([O-])c1ccc(C2CCS(=O)(=O)OC2)c(F)c1. The van der Waals surface area contributed by atoms with Crippen molar-refractivity contribution in [1.29, 1.82) is 0 Å². The van der Waals surface area contributed by atoms with E-state index < -0.39 is 26.8 Å². The zero-order valence-corrected chi connectivity index (χ0v) is 10.0. The average Bonchev–Trinajstić information content (AvgIpc) is 2.29. The lowest BCUT2D eigenvalue weighted by Gasteiger charge is -2.22. The third kappa shape index (κ3) is 2.65. The first-order valence-corrected chi connectivity index (χ1v) is 6.78. The smallest absolute Gasteiger partial charge is 0.269 e. The molecule has 0 amide bonds. The van der Waals surface area contributed by atoms with Gasteiger partial charge in [-0.15, -0.1) is 0 Å². The normalized spacial score (nSPS) is 22.6. The van der Waals surface area contributed by atoms with E-state index in [1.807, 2.05) is 0 Å². The molecule has 1 aromatic rings. The average molecular weight is 275 g/mol. The van der Waals surface area contributed by atoms with Crippen molar-refractivity contribution >= 4 is 15.8 Å². The van der Waals surface area contributed by atoms with Crippen LogP contribution in [0.5, 0.6) is 0 Å². The molecule has 1 aliphatic heterocycles. The summed E-state index contributed by atoms with van der Waals surface area (Å²) in [5.41, 5.74) is -0.0869. The van der Waals surface area contributed by atoms with Crippen molar-refractivity contribution in [3.63, 3.8) is 0 Å². The van der Waals surface area contributed by atoms with Crippen LogP contribution in [0.2, 0.25) is 0 Å². The predicted molar refractivity (Wildman–Crippen MR) is 60.2 cm³/mol. The van der Waals surface area contributed by atoms with E-state index in [1.165, 1.54) is 12.1 Å².